The van der Waals surface area contributed by atoms with Gasteiger partial charge in [-0.15, -0.1) is 0 Å². The molecule has 1 aromatic heterocycles. The molecule has 23 heavy (non-hydrogen) atoms. The lowest BCUT2D eigenvalue weighted by molar-refractivity contribution is 0.0595. The Morgan fingerprint density at radius 1 is 1.13 bits per heavy atom. The van der Waals surface area contributed by atoms with Crippen molar-refractivity contribution in [2.24, 2.45) is 0 Å². The summed E-state index contributed by atoms with van der Waals surface area (Å²) < 4.78 is 12.4. The van der Waals surface area contributed by atoms with E-state index in [1.807, 2.05) is 42.6 Å². The van der Waals surface area contributed by atoms with E-state index in [1.165, 1.54) is 7.11 Å². The van der Waals surface area contributed by atoms with Crippen LogP contribution in [-0.4, -0.2) is 22.9 Å². The molecule has 0 saturated carbocycles. The number of benzene rings is 2. The van der Waals surface area contributed by atoms with Gasteiger partial charge in [-0.25, -0.2) is 9.48 Å². The van der Waals surface area contributed by atoms with Gasteiger partial charge in [-0.05, 0) is 23.8 Å². The highest BCUT2D eigenvalue weighted by atomic mass is 16.5. The third-order valence-corrected chi connectivity index (χ3v) is 3.38. The van der Waals surface area contributed by atoms with E-state index in [0.29, 0.717) is 17.9 Å². The van der Waals surface area contributed by atoms with Crippen LogP contribution >= 0.6 is 0 Å². The number of carbonyl (C=O) groups excluding carboxylic acids is 1. The minimum atomic E-state index is -0.430. The van der Waals surface area contributed by atoms with Crippen molar-refractivity contribution in [2.75, 3.05) is 7.11 Å². The largest absolute Gasteiger partial charge is 0.488 e. The van der Waals surface area contributed by atoms with E-state index in [0.717, 1.165) is 11.3 Å². The third kappa shape index (κ3) is 3.40. The summed E-state index contributed by atoms with van der Waals surface area (Å²) >= 11 is 0. The molecule has 0 aliphatic heterocycles. The van der Waals surface area contributed by atoms with E-state index in [2.05, 4.69) is 5.10 Å². The first-order valence-corrected chi connectivity index (χ1v) is 7.17. The summed E-state index contributed by atoms with van der Waals surface area (Å²) in [5, 5.41) is 4.19. The standard InChI is InChI=1S/C18H16N2O3/c1-22-18(21)16-9-8-15(20-11-5-10-19-20)12-17(16)23-13-14-6-3-2-4-7-14/h2-12H,13H2,1H3. The number of hydrogen-bond donors (Lipinski definition) is 0. The molecular formula is C18H16N2O3. The second kappa shape index (κ2) is 6.79. The molecule has 116 valence electrons. The molecule has 2 aromatic carbocycles. The molecule has 3 aromatic rings. The molecule has 0 aliphatic carbocycles. The second-order valence-corrected chi connectivity index (χ2v) is 4.90. The fraction of sp³-hybridized carbons (Fsp3) is 0.111. The maximum Gasteiger partial charge on any atom is 0.341 e. The summed E-state index contributed by atoms with van der Waals surface area (Å²) in [6, 6.07) is 16.9. The topological polar surface area (TPSA) is 53.4 Å². The fourth-order valence-corrected chi connectivity index (χ4v) is 2.21. The van der Waals surface area contributed by atoms with Crippen molar-refractivity contribution >= 4 is 5.97 Å². The van der Waals surface area contributed by atoms with Crippen LogP contribution in [0.25, 0.3) is 5.69 Å². The second-order valence-electron chi connectivity index (χ2n) is 4.90. The molecular weight excluding hydrogens is 292 g/mol. The molecule has 5 nitrogen and oxygen atoms in total. The van der Waals surface area contributed by atoms with Crippen LogP contribution in [-0.2, 0) is 11.3 Å². The van der Waals surface area contributed by atoms with E-state index >= 15 is 0 Å². The van der Waals surface area contributed by atoms with Crippen molar-refractivity contribution in [1.29, 1.82) is 0 Å². The van der Waals surface area contributed by atoms with Gasteiger partial charge in [-0.2, -0.15) is 5.10 Å². The van der Waals surface area contributed by atoms with Gasteiger partial charge in [-0.1, -0.05) is 30.3 Å². The van der Waals surface area contributed by atoms with Crippen molar-refractivity contribution in [3.63, 3.8) is 0 Å². The summed E-state index contributed by atoms with van der Waals surface area (Å²) in [6.07, 6.45) is 3.52. The number of ether oxygens (including phenoxy) is 2. The summed E-state index contributed by atoms with van der Waals surface area (Å²) in [5.41, 5.74) is 2.22. The molecule has 0 atom stereocenters. The number of hydrogen-bond acceptors (Lipinski definition) is 4. The maximum absolute atomic E-state index is 11.9. The van der Waals surface area contributed by atoms with Crippen LogP contribution in [0.3, 0.4) is 0 Å². The summed E-state index contributed by atoms with van der Waals surface area (Å²) in [6.45, 7) is 0.368. The number of aromatic nitrogens is 2. The molecule has 0 amide bonds. The normalized spacial score (nSPS) is 10.3. The van der Waals surface area contributed by atoms with Gasteiger partial charge in [0.2, 0.25) is 0 Å². The Bertz CT molecular complexity index is 783. The average Bonchev–Trinajstić information content (AvgIpc) is 3.14. The Balaban J connectivity index is 1.90. The van der Waals surface area contributed by atoms with E-state index in [1.54, 1.807) is 29.1 Å². The van der Waals surface area contributed by atoms with Gasteiger partial charge in [0.15, 0.2) is 0 Å². The Morgan fingerprint density at radius 2 is 1.96 bits per heavy atom. The minimum absolute atomic E-state index is 0.368. The highest BCUT2D eigenvalue weighted by Gasteiger charge is 2.14. The van der Waals surface area contributed by atoms with Crippen LogP contribution < -0.4 is 4.74 Å². The molecule has 5 heteroatoms. The van der Waals surface area contributed by atoms with E-state index in [9.17, 15) is 4.79 Å². The number of esters is 1. The lowest BCUT2D eigenvalue weighted by atomic mass is 10.1. The zero-order valence-electron chi connectivity index (χ0n) is 12.7. The van der Waals surface area contributed by atoms with E-state index in [-0.39, 0.29) is 0 Å². The summed E-state index contributed by atoms with van der Waals surface area (Å²) in [5.74, 6) is 0.0359. The van der Waals surface area contributed by atoms with Crippen LogP contribution in [0, 0.1) is 0 Å². The Hall–Kier alpha value is -3.08. The molecule has 0 saturated heterocycles. The average molecular weight is 308 g/mol. The first-order chi connectivity index (χ1) is 11.3. The highest BCUT2D eigenvalue weighted by Crippen LogP contribution is 2.24. The first-order valence-electron chi connectivity index (χ1n) is 7.17. The summed E-state index contributed by atoms with van der Waals surface area (Å²) in [4.78, 5) is 11.9. The van der Waals surface area contributed by atoms with Crippen LogP contribution in [0.5, 0.6) is 5.75 Å². The van der Waals surface area contributed by atoms with Crippen LogP contribution in [0.15, 0.2) is 67.0 Å². The van der Waals surface area contributed by atoms with Crippen LogP contribution in [0.4, 0.5) is 0 Å². The maximum atomic E-state index is 11.9. The van der Waals surface area contributed by atoms with Gasteiger partial charge in [0.25, 0.3) is 0 Å². The van der Waals surface area contributed by atoms with Gasteiger partial charge in [0.05, 0.1) is 12.8 Å². The molecule has 3 rings (SSSR count). The van der Waals surface area contributed by atoms with Gasteiger partial charge in [0, 0.05) is 18.5 Å². The Labute approximate surface area is 134 Å². The lowest BCUT2D eigenvalue weighted by Gasteiger charge is -2.12. The first kappa shape index (κ1) is 14.8. The molecule has 0 spiro atoms. The van der Waals surface area contributed by atoms with Crippen LogP contribution in [0.2, 0.25) is 0 Å². The summed E-state index contributed by atoms with van der Waals surface area (Å²) in [7, 11) is 1.35. The minimum Gasteiger partial charge on any atom is -0.488 e. The third-order valence-electron chi connectivity index (χ3n) is 3.38. The van der Waals surface area contributed by atoms with Gasteiger partial charge < -0.3 is 9.47 Å². The highest BCUT2D eigenvalue weighted by molar-refractivity contribution is 5.92. The van der Waals surface area contributed by atoms with Crippen LogP contribution in [0.1, 0.15) is 15.9 Å². The molecule has 0 bridgehead atoms. The number of nitrogens with zero attached hydrogens (tertiary/aromatic N) is 2. The number of rotatable bonds is 5. The SMILES string of the molecule is COC(=O)c1ccc(-n2cccn2)cc1OCc1ccccc1. The zero-order chi connectivity index (χ0) is 16.1. The fourth-order valence-electron chi connectivity index (χ4n) is 2.21. The van der Waals surface area contributed by atoms with Gasteiger partial charge in [0.1, 0.15) is 17.9 Å². The van der Waals surface area contributed by atoms with Crippen molar-refractivity contribution in [1.82, 2.24) is 9.78 Å². The van der Waals surface area contributed by atoms with E-state index < -0.39 is 5.97 Å². The van der Waals surface area contributed by atoms with Crippen molar-refractivity contribution in [3.8, 4) is 11.4 Å². The van der Waals surface area contributed by atoms with Gasteiger partial charge in [-0.3, -0.25) is 0 Å². The zero-order valence-corrected chi connectivity index (χ0v) is 12.7. The Kier molecular flexibility index (Phi) is 4.38. The predicted octanol–water partition coefficient (Wildman–Crippen LogP) is 3.24. The molecule has 0 radical (unpaired) electrons. The molecule has 0 unspecified atom stereocenters. The predicted molar refractivity (Wildman–Crippen MR) is 85.7 cm³/mol. The molecule has 0 N–H and O–H groups in total. The van der Waals surface area contributed by atoms with Crippen molar-refractivity contribution in [2.45, 2.75) is 6.61 Å². The molecule has 1 heterocycles. The van der Waals surface area contributed by atoms with E-state index in [4.69, 9.17) is 9.47 Å². The monoisotopic (exact) mass is 308 g/mol. The van der Waals surface area contributed by atoms with Gasteiger partial charge >= 0.3 is 5.97 Å². The number of methoxy groups -OCH3 is 1. The molecule has 0 fully saturated rings. The number of carbonyl (C=O) groups is 1. The Morgan fingerprint density at radius 3 is 2.65 bits per heavy atom. The smallest absolute Gasteiger partial charge is 0.341 e. The quantitative estimate of drug-likeness (QED) is 0.679. The van der Waals surface area contributed by atoms with Crippen molar-refractivity contribution in [3.05, 3.63) is 78.1 Å². The van der Waals surface area contributed by atoms with Crippen molar-refractivity contribution < 1.29 is 14.3 Å². The molecule has 0 aliphatic rings. The lowest BCUT2D eigenvalue weighted by Crippen LogP contribution is -2.07.